The van der Waals surface area contributed by atoms with Gasteiger partial charge >= 0.3 is 12.3 Å². The van der Waals surface area contributed by atoms with Crippen LogP contribution < -0.4 is 10.1 Å². The minimum Gasteiger partial charge on any atom is -0.493 e. The molecule has 0 saturated carbocycles. The van der Waals surface area contributed by atoms with Gasteiger partial charge in [0.2, 0.25) is 0 Å². The first-order valence-electron chi connectivity index (χ1n) is 8.17. The Hall–Kier alpha value is -2.35. The third-order valence-corrected chi connectivity index (χ3v) is 5.36. The summed E-state index contributed by atoms with van der Waals surface area (Å²) in [5, 5.41) is 11.7. The first-order chi connectivity index (χ1) is 12.6. The van der Waals surface area contributed by atoms with E-state index >= 15 is 0 Å². The number of nitrogens with one attached hydrogen (secondary N) is 1. The smallest absolute Gasteiger partial charge is 0.416 e. The van der Waals surface area contributed by atoms with Gasteiger partial charge in [0.25, 0.3) is 0 Å². The Labute approximate surface area is 158 Å². The SMILES string of the molecule is CC1(C)COc2ccc(Sc3ccc(C(F)(F)F)cc3)cc2C1NC(=O)O. The van der Waals surface area contributed by atoms with Crippen LogP contribution in [-0.2, 0) is 6.18 Å². The van der Waals surface area contributed by atoms with Crippen LogP contribution in [0.4, 0.5) is 18.0 Å². The fourth-order valence-electron chi connectivity index (χ4n) is 2.96. The van der Waals surface area contributed by atoms with Crippen molar-refractivity contribution < 1.29 is 27.8 Å². The number of amides is 1. The van der Waals surface area contributed by atoms with Crippen LogP contribution >= 0.6 is 11.8 Å². The maximum atomic E-state index is 12.7. The van der Waals surface area contributed by atoms with Gasteiger partial charge in [-0.1, -0.05) is 25.6 Å². The van der Waals surface area contributed by atoms with Gasteiger partial charge in [-0.2, -0.15) is 13.2 Å². The minimum absolute atomic E-state index is 0.371. The summed E-state index contributed by atoms with van der Waals surface area (Å²) >= 11 is 1.30. The number of carboxylic acid groups (broad SMARTS) is 1. The first kappa shape index (κ1) is 19.4. The molecule has 0 spiro atoms. The fraction of sp³-hybridized carbons (Fsp3) is 0.316. The van der Waals surface area contributed by atoms with Crippen LogP contribution in [-0.4, -0.2) is 17.8 Å². The van der Waals surface area contributed by atoms with E-state index in [1.165, 1.54) is 23.9 Å². The Balaban J connectivity index is 1.88. The standard InChI is InChI=1S/C19H18F3NO3S/c1-18(2)10-26-15-8-7-13(9-14(15)16(18)23-17(24)25)27-12-5-3-11(4-6-12)19(20,21)22/h3-9,16,23H,10H2,1-2H3,(H,24,25). The van der Waals surface area contributed by atoms with E-state index < -0.39 is 29.3 Å². The highest BCUT2D eigenvalue weighted by Crippen LogP contribution is 2.44. The average Bonchev–Trinajstić information content (AvgIpc) is 2.57. The molecule has 2 aromatic carbocycles. The number of carbonyl (C=O) groups is 1. The highest BCUT2D eigenvalue weighted by Gasteiger charge is 2.38. The third kappa shape index (κ3) is 4.32. The summed E-state index contributed by atoms with van der Waals surface area (Å²) in [4.78, 5) is 12.6. The molecule has 1 unspecified atom stereocenters. The molecule has 0 aromatic heterocycles. The number of hydrogen-bond acceptors (Lipinski definition) is 3. The second kappa shape index (κ2) is 6.99. The molecular weight excluding hydrogens is 379 g/mol. The van der Waals surface area contributed by atoms with Gasteiger partial charge in [-0.15, -0.1) is 0 Å². The molecule has 1 amide bonds. The highest BCUT2D eigenvalue weighted by atomic mass is 32.2. The van der Waals surface area contributed by atoms with E-state index in [0.717, 1.165) is 17.0 Å². The van der Waals surface area contributed by atoms with Crippen LogP contribution in [0.3, 0.4) is 0 Å². The fourth-order valence-corrected chi connectivity index (χ4v) is 3.83. The molecule has 2 aromatic rings. The van der Waals surface area contributed by atoms with Crippen molar-refractivity contribution in [2.24, 2.45) is 5.41 Å². The van der Waals surface area contributed by atoms with E-state index in [0.29, 0.717) is 22.8 Å². The van der Waals surface area contributed by atoms with Crippen molar-refractivity contribution in [2.75, 3.05) is 6.61 Å². The van der Waals surface area contributed by atoms with Crippen molar-refractivity contribution in [3.8, 4) is 5.75 Å². The molecule has 8 heteroatoms. The molecule has 0 bridgehead atoms. The van der Waals surface area contributed by atoms with Gasteiger partial charge in [-0.25, -0.2) is 4.79 Å². The van der Waals surface area contributed by atoms with Gasteiger partial charge in [0.05, 0.1) is 18.2 Å². The quantitative estimate of drug-likeness (QED) is 0.709. The molecule has 1 aliphatic rings. The van der Waals surface area contributed by atoms with Crippen LogP contribution in [0, 0.1) is 5.41 Å². The summed E-state index contributed by atoms with van der Waals surface area (Å²) in [6, 6.07) is 9.85. The van der Waals surface area contributed by atoms with E-state index in [2.05, 4.69) is 5.32 Å². The normalized spacial score (nSPS) is 18.3. The summed E-state index contributed by atoms with van der Waals surface area (Å²) in [5.74, 6) is 0.602. The number of benzene rings is 2. The lowest BCUT2D eigenvalue weighted by atomic mass is 9.79. The monoisotopic (exact) mass is 397 g/mol. The Bertz CT molecular complexity index is 850. The maximum absolute atomic E-state index is 12.7. The molecule has 0 aliphatic carbocycles. The molecule has 144 valence electrons. The predicted molar refractivity (Wildman–Crippen MR) is 95.2 cm³/mol. The molecule has 0 radical (unpaired) electrons. The van der Waals surface area contributed by atoms with E-state index in [1.807, 2.05) is 19.9 Å². The Morgan fingerprint density at radius 2 is 1.81 bits per heavy atom. The summed E-state index contributed by atoms with van der Waals surface area (Å²) in [6.07, 6.45) is -5.49. The molecule has 3 rings (SSSR count). The lowest BCUT2D eigenvalue weighted by molar-refractivity contribution is -0.137. The van der Waals surface area contributed by atoms with Crippen LogP contribution in [0.5, 0.6) is 5.75 Å². The minimum atomic E-state index is -4.37. The van der Waals surface area contributed by atoms with Crippen molar-refractivity contribution in [3.63, 3.8) is 0 Å². The maximum Gasteiger partial charge on any atom is 0.416 e. The molecule has 4 nitrogen and oxygen atoms in total. The van der Waals surface area contributed by atoms with Crippen LogP contribution in [0.25, 0.3) is 0 Å². The van der Waals surface area contributed by atoms with Gasteiger partial charge in [0.1, 0.15) is 5.75 Å². The molecule has 27 heavy (non-hydrogen) atoms. The van der Waals surface area contributed by atoms with Crippen LogP contribution in [0.2, 0.25) is 0 Å². The van der Waals surface area contributed by atoms with E-state index in [4.69, 9.17) is 4.74 Å². The van der Waals surface area contributed by atoms with Crippen molar-refractivity contribution in [1.82, 2.24) is 5.32 Å². The lowest BCUT2D eigenvalue weighted by Gasteiger charge is -2.39. The molecule has 0 saturated heterocycles. The molecule has 0 fully saturated rings. The second-order valence-corrected chi connectivity index (χ2v) is 8.13. The molecule has 1 atom stereocenters. The Kier molecular flexibility index (Phi) is 5.03. The summed E-state index contributed by atoms with van der Waals surface area (Å²) in [7, 11) is 0. The number of ether oxygens (including phenoxy) is 1. The Morgan fingerprint density at radius 3 is 2.41 bits per heavy atom. The number of hydrogen-bond donors (Lipinski definition) is 2. The van der Waals surface area contributed by atoms with Crippen molar-refractivity contribution in [3.05, 3.63) is 53.6 Å². The van der Waals surface area contributed by atoms with Gasteiger partial charge < -0.3 is 15.2 Å². The number of alkyl halides is 3. The summed E-state index contributed by atoms with van der Waals surface area (Å²) < 4.78 is 43.8. The summed E-state index contributed by atoms with van der Waals surface area (Å²) in [6.45, 7) is 4.19. The number of halogens is 3. The van der Waals surface area contributed by atoms with Gasteiger partial charge in [-0.3, -0.25) is 0 Å². The zero-order chi connectivity index (χ0) is 19.8. The van der Waals surface area contributed by atoms with Crippen molar-refractivity contribution in [2.45, 2.75) is 35.9 Å². The topological polar surface area (TPSA) is 58.6 Å². The van der Waals surface area contributed by atoms with Gasteiger partial charge in [0, 0.05) is 20.8 Å². The highest BCUT2D eigenvalue weighted by molar-refractivity contribution is 7.99. The lowest BCUT2D eigenvalue weighted by Crippen LogP contribution is -2.43. The second-order valence-electron chi connectivity index (χ2n) is 6.98. The number of rotatable bonds is 3. The van der Waals surface area contributed by atoms with Crippen molar-refractivity contribution in [1.29, 1.82) is 0 Å². The zero-order valence-corrected chi connectivity index (χ0v) is 15.4. The van der Waals surface area contributed by atoms with E-state index in [1.54, 1.807) is 12.1 Å². The largest absolute Gasteiger partial charge is 0.493 e. The van der Waals surface area contributed by atoms with E-state index in [9.17, 15) is 23.1 Å². The predicted octanol–water partition coefficient (Wildman–Crippen LogP) is 5.58. The first-order valence-corrected chi connectivity index (χ1v) is 8.99. The number of fused-ring (bicyclic) bond motifs is 1. The average molecular weight is 397 g/mol. The Morgan fingerprint density at radius 1 is 1.19 bits per heavy atom. The van der Waals surface area contributed by atoms with Crippen molar-refractivity contribution >= 4 is 17.9 Å². The molecule has 1 aliphatic heterocycles. The molecule has 1 heterocycles. The van der Waals surface area contributed by atoms with Gasteiger partial charge in [-0.05, 0) is 42.5 Å². The van der Waals surface area contributed by atoms with Gasteiger partial charge in [0.15, 0.2) is 0 Å². The summed E-state index contributed by atoms with van der Waals surface area (Å²) in [5.41, 5.74) is -0.424. The van der Waals surface area contributed by atoms with Crippen LogP contribution in [0.15, 0.2) is 52.3 Å². The third-order valence-electron chi connectivity index (χ3n) is 4.36. The van der Waals surface area contributed by atoms with E-state index in [-0.39, 0.29) is 0 Å². The molecule has 2 N–H and O–H groups in total. The zero-order valence-electron chi connectivity index (χ0n) is 14.6. The molecular formula is C19H18F3NO3S. The van der Waals surface area contributed by atoms with Crippen LogP contribution in [0.1, 0.15) is 31.0 Å².